The zero-order chi connectivity index (χ0) is 59.8. The molecule has 4 saturated carbocycles. The molecule has 5 aromatic rings. The van der Waals surface area contributed by atoms with E-state index >= 15 is 0 Å². The van der Waals surface area contributed by atoms with Gasteiger partial charge in [-0.3, -0.25) is 24.0 Å². The highest BCUT2D eigenvalue weighted by Gasteiger charge is 2.57. The Bertz CT molecular complexity index is 3080. The highest BCUT2D eigenvalue weighted by molar-refractivity contribution is 6.64. The minimum absolute atomic E-state index is 0.0166. The van der Waals surface area contributed by atoms with E-state index < -0.39 is 41.9 Å². The molecule has 0 bridgehead atoms. The summed E-state index contributed by atoms with van der Waals surface area (Å²) in [5.41, 5.74) is 7.29. The molecular weight excluding hydrogens is 1150 g/mol. The average molecular weight is 1210 g/mol. The Labute approximate surface area is 492 Å². The van der Waals surface area contributed by atoms with Crippen molar-refractivity contribution in [2.24, 2.45) is 65.1 Å². The smallest absolute Gasteiger partial charge is 0.307 e. The first-order valence-electron chi connectivity index (χ1n) is 28.2. The number of carboxylic acid groups (broad SMARTS) is 1. The number of anilines is 2. The zero-order valence-electron chi connectivity index (χ0n) is 46.3. The predicted molar refractivity (Wildman–Crippen MR) is 298 cm³/mol. The normalized spacial score (nSPS) is 27.0. The molecule has 4 aliphatic carbocycles. The second-order valence-corrected chi connectivity index (χ2v) is 22.4. The fraction of sp³-hybridized carbons (Fsp3) is 0.542. The minimum atomic E-state index is -2.75. The highest BCUT2D eigenvalue weighted by atomic mass is 35.5. The summed E-state index contributed by atoms with van der Waals surface area (Å²) in [5, 5.41) is 11.2. The second-order valence-electron chi connectivity index (χ2n) is 21.7. The topological polar surface area (TPSA) is 255 Å². The number of amides is 1. The Morgan fingerprint density at radius 1 is 0.702 bits per heavy atom. The summed E-state index contributed by atoms with van der Waals surface area (Å²) in [4.78, 5) is 73.3. The van der Waals surface area contributed by atoms with Crippen LogP contribution in [0.4, 0.5) is 29.1 Å². The summed E-state index contributed by atoms with van der Waals surface area (Å²) >= 11 is 10.8. The van der Waals surface area contributed by atoms with Gasteiger partial charge in [-0.05, 0) is 123 Å². The fourth-order valence-electron chi connectivity index (χ4n) is 12.1. The number of hydrogen-bond donors (Lipinski definition) is 3. The number of nitrogens with one attached hydrogen (secondary N) is 1. The van der Waals surface area contributed by atoms with Crippen molar-refractivity contribution < 1.29 is 75.1 Å². The van der Waals surface area contributed by atoms with Crippen molar-refractivity contribution >= 4 is 69.0 Å². The Morgan fingerprint density at radius 2 is 1.24 bits per heavy atom. The maximum absolute atomic E-state index is 12.9. The van der Waals surface area contributed by atoms with E-state index in [9.17, 15) is 41.5 Å². The van der Waals surface area contributed by atoms with Crippen LogP contribution in [-0.2, 0) is 39.8 Å². The molecule has 84 heavy (non-hydrogen) atoms. The summed E-state index contributed by atoms with van der Waals surface area (Å²) < 4.78 is 85.2. The first-order chi connectivity index (χ1) is 40.5. The lowest BCUT2D eigenvalue weighted by molar-refractivity contribution is -0.139. The first kappa shape index (κ1) is 62.2. The molecular formula is C59H67Cl2F4N7O12. The number of aromatic nitrogens is 5. The molecule has 12 atom stereocenters. The van der Waals surface area contributed by atoms with Crippen LogP contribution in [0.15, 0.2) is 67.1 Å². The number of fused-ring (bicyclic) bond motifs is 5. The van der Waals surface area contributed by atoms with E-state index in [4.69, 9.17) is 67.4 Å². The molecule has 0 radical (unpaired) electrons. The zero-order valence-corrected chi connectivity index (χ0v) is 47.8. The van der Waals surface area contributed by atoms with E-state index in [1.807, 2.05) is 17.5 Å². The van der Waals surface area contributed by atoms with Crippen molar-refractivity contribution in [3.63, 3.8) is 0 Å². The number of hydrogen-bond acceptors (Lipinski definition) is 16. The Balaban J connectivity index is 0.000000137. The van der Waals surface area contributed by atoms with Gasteiger partial charge in [0, 0.05) is 86.9 Å². The van der Waals surface area contributed by atoms with Gasteiger partial charge in [0.25, 0.3) is 18.8 Å². The van der Waals surface area contributed by atoms with Crippen molar-refractivity contribution in [3.8, 4) is 11.5 Å². The molecule has 25 heteroatoms. The summed E-state index contributed by atoms with van der Waals surface area (Å²) in [5.74, 6) is 4.70. The quantitative estimate of drug-likeness (QED) is 0.0360. The summed E-state index contributed by atoms with van der Waals surface area (Å²) in [7, 11) is 0. The van der Waals surface area contributed by atoms with Crippen LogP contribution in [0.3, 0.4) is 0 Å². The molecule has 9 heterocycles. The fourth-order valence-corrected chi connectivity index (χ4v) is 12.6. The van der Waals surface area contributed by atoms with Gasteiger partial charge in [-0.15, -0.1) is 11.6 Å². The van der Waals surface area contributed by atoms with Crippen LogP contribution < -0.4 is 20.5 Å². The Kier molecular flexibility index (Phi) is 20.9. The van der Waals surface area contributed by atoms with Crippen LogP contribution in [0, 0.1) is 65.1 Å². The van der Waals surface area contributed by atoms with E-state index in [1.54, 1.807) is 19.2 Å². The van der Waals surface area contributed by atoms with Crippen LogP contribution in [0.1, 0.15) is 102 Å². The number of imidazole rings is 1. The van der Waals surface area contributed by atoms with E-state index in [-0.39, 0.29) is 58.3 Å². The summed E-state index contributed by atoms with van der Waals surface area (Å²) in [6.07, 6.45) is 3.70. The average Bonchev–Trinajstić information content (AvgIpc) is 3.86. The standard InChI is InChI=1S/C22H22F2N4O3.C15H15F2N3O2.C8H11ClO2.C7H9ClO2.C7H10O3/c1-2-31-18-8-19-26-17(20-12-6-7-30-11-13(12)20)10-28(19)9-16(18)27-22(29)15-5-3-4-14(25-15)21(23)24;1-2-22-13-7-14(18)19-8-9(13)6-12(21)10-4-3-5-11(20-10)15(16)17;9-3-7(10)8-5-1-2-11-4-6(5)8;2*8-7(9)6-4-1-2-10-3-5(4)6/h3-5,8-10,12-13,20-21H,2,6-7,11H2,1H3,(H,27,29);3-5,7-8,15H,2,6H2,1H3,(H2,18,19);5-6,8H,1-4H2;4-6H,1-3H2;4-6H,1-3H2,(H,8,9)/t12-,13+,20+;;;;/m0..../s1. The Hall–Kier alpha value is -6.37. The van der Waals surface area contributed by atoms with Crippen molar-refractivity contribution in [2.75, 3.05) is 83.0 Å². The SMILES string of the molecule is CCOc1cc(N)ncc1CC(=O)c1cccc(C(F)F)n1.CCOc1cc2nc([C@H]3[C@@H]4COCC[C@@H]43)cn2cc1NC(=O)c1cccc(C(F)F)n1.O=C(CCl)C1C2CCOCC21.O=C(Cl)C1C2CCOCC21.O=C(O)C1C2CCOCC21. The number of pyridine rings is 4. The van der Waals surface area contributed by atoms with Crippen LogP contribution in [-0.4, -0.2) is 130 Å². The number of Topliss-reactive ketones (excluding diaryl/α,β-unsaturated/α-hetero) is 2. The molecule has 19 nitrogen and oxygen atoms in total. The lowest BCUT2D eigenvalue weighted by atomic mass is 10.1. The van der Waals surface area contributed by atoms with Gasteiger partial charge in [-0.2, -0.15) is 0 Å². The van der Waals surface area contributed by atoms with Crippen LogP contribution in [0.25, 0.3) is 5.65 Å². The van der Waals surface area contributed by atoms with Crippen LogP contribution >= 0.6 is 23.2 Å². The monoisotopic (exact) mass is 1210 g/mol. The van der Waals surface area contributed by atoms with Crippen molar-refractivity contribution in [3.05, 3.63) is 101 Å². The molecule has 4 saturated heterocycles. The van der Waals surface area contributed by atoms with E-state index in [1.165, 1.54) is 48.7 Å². The van der Waals surface area contributed by atoms with Gasteiger partial charge in [0.2, 0.25) is 5.24 Å². The van der Waals surface area contributed by atoms with Gasteiger partial charge in [-0.1, -0.05) is 12.1 Å². The number of halogens is 6. The number of aliphatic carboxylic acids is 1. The number of carboxylic acids is 1. The molecule has 9 unspecified atom stereocenters. The molecule has 8 aliphatic rings. The van der Waals surface area contributed by atoms with Crippen molar-refractivity contribution in [1.82, 2.24) is 24.3 Å². The molecule has 0 spiro atoms. The number of nitrogens with zero attached hydrogens (tertiary/aromatic N) is 5. The molecule has 8 fully saturated rings. The third-order valence-corrected chi connectivity index (χ3v) is 17.1. The maximum atomic E-state index is 12.9. The summed E-state index contributed by atoms with van der Waals surface area (Å²) in [6.45, 7) is 10.6. The van der Waals surface area contributed by atoms with E-state index in [0.29, 0.717) is 95.8 Å². The van der Waals surface area contributed by atoms with Gasteiger partial charge >= 0.3 is 5.97 Å². The molecule has 1 amide bonds. The molecule has 452 valence electrons. The van der Waals surface area contributed by atoms with Crippen molar-refractivity contribution in [2.45, 2.75) is 64.7 Å². The van der Waals surface area contributed by atoms with Gasteiger partial charge in [0.15, 0.2) is 11.6 Å². The van der Waals surface area contributed by atoms with E-state index in [0.717, 1.165) is 83.3 Å². The summed E-state index contributed by atoms with van der Waals surface area (Å²) in [6, 6.07) is 11.2. The molecule has 4 N–H and O–H groups in total. The van der Waals surface area contributed by atoms with Gasteiger partial charge < -0.3 is 49.0 Å². The lowest BCUT2D eigenvalue weighted by Crippen LogP contribution is -2.16. The number of rotatable bonds is 16. The second kappa shape index (κ2) is 28.2. The maximum Gasteiger partial charge on any atom is 0.307 e. The number of alkyl halides is 5. The number of nitrogens with two attached hydrogens (primary N) is 1. The van der Waals surface area contributed by atoms with Gasteiger partial charge in [0.1, 0.15) is 51.4 Å². The van der Waals surface area contributed by atoms with Gasteiger partial charge in [0.05, 0.1) is 57.1 Å². The van der Waals surface area contributed by atoms with Crippen molar-refractivity contribution in [1.29, 1.82) is 0 Å². The Morgan fingerprint density at radius 3 is 1.75 bits per heavy atom. The number of carbonyl (C=O) groups is 5. The third-order valence-electron chi connectivity index (χ3n) is 16.6. The first-order valence-corrected chi connectivity index (χ1v) is 29.1. The largest absolute Gasteiger partial charge is 0.493 e. The van der Waals surface area contributed by atoms with Gasteiger partial charge in [-0.25, -0.2) is 37.5 Å². The number of nitrogen functional groups attached to an aromatic ring is 1. The predicted octanol–water partition coefficient (Wildman–Crippen LogP) is 9.35. The molecule has 4 aliphatic heterocycles. The third kappa shape index (κ3) is 15.2. The highest BCUT2D eigenvalue weighted by Crippen LogP contribution is 2.57. The number of ketones is 2. The molecule has 0 aromatic carbocycles. The lowest BCUT2D eigenvalue weighted by Gasteiger charge is -2.12. The molecule has 5 aromatic heterocycles. The number of ether oxygens (including phenoxy) is 6. The minimum Gasteiger partial charge on any atom is -0.493 e. The van der Waals surface area contributed by atoms with E-state index in [2.05, 4.69) is 20.3 Å². The van der Waals surface area contributed by atoms with Crippen LogP contribution in [0.2, 0.25) is 0 Å². The number of carbonyl (C=O) groups excluding carboxylic acids is 4. The van der Waals surface area contributed by atoms with Crippen LogP contribution in [0.5, 0.6) is 11.5 Å². The molecule has 13 rings (SSSR count).